The molecule has 0 aliphatic carbocycles. The topological polar surface area (TPSA) is 104 Å². The summed E-state index contributed by atoms with van der Waals surface area (Å²) in [5.41, 5.74) is 2.32. The van der Waals surface area contributed by atoms with E-state index in [1.165, 1.54) is 42.9 Å². The number of morpholine rings is 1. The Morgan fingerprint density at radius 2 is 2.00 bits per heavy atom. The Hall–Kier alpha value is -3.71. The van der Waals surface area contributed by atoms with Crippen molar-refractivity contribution >= 4 is 30.0 Å². The second-order valence-corrected chi connectivity index (χ2v) is 7.61. The van der Waals surface area contributed by atoms with E-state index in [1.54, 1.807) is 0 Å². The molecule has 2 aromatic rings. The lowest BCUT2D eigenvalue weighted by Gasteiger charge is -2.33. The fourth-order valence-electron chi connectivity index (χ4n) is 3.38. The van der Waals surface area contributed by atoms with Gasteiger partial charge in [-0.1, -0.05) is 6.07 Å². The van der Waals surface area contributed by atoms with Crippen molar-refractivity contribution in [2.45, 2.75) is 18.5 Å². The van der Waals surface area contributed by atoms with Crippen LogP contribution in [0, 0.1) is 0 Å². The number of anilines is 1. The number of halogens is 4. The largest absolute Gasteiger partial charge is 0.416 e. The van der Waals surface area contributed by atoms with Crippen molar-refractivity contribution in [3.63, 3.8) is 0 Å². The third-order valence-electron chi connectivity index (χ3n) is 5.16. The highest BCUT2D eigenvalue weighted by Gasteiger charge is 2.31. The number of pyridine rings is 1. The third-order valence-corrected chi connectivity index (χ3v) is 5.16. The predicted molar refractivity (Wildman–Crippen MR) is 121 cm³/mol. The molecule has 0 radical (unpaired) electrons. The number of aliphatic imine (C=N–C) groups is 2. The molecular weight excluding hydrogens is 470 g/mol. The molecule has 1 aromatic carbocycles. The molecule has 3 heterocycles. The van der Waals surface area contributed by atoms with E-state index in [4.69, 9.17) is 4.74 Å². The minimum atomic E-state index is -4.51. The summed E-state index contributed by atoms with van der Waals surface area (Å²) in [4.78, 5) is 26.5. The molecule has 0 saturated carbocycles. The monoisotopic (exact) mass is 491 g/mol. The molecule has 1 aromatic heterocycles. The van der Waals surface area contributed by atoms with Gasteiger partial charge in [-0.2, -0.15) is 18.3 Å². The van der Waals surface area contributed by atoms with Gasteiger partial charge in [0.05, 0.1) is 36.2 Å². The van der Waals surface area contributed by atoms with Crippen LogP contribution in [0.25, 0.3) is 0 Å². The first kappa shape index (κ1) is 24.4. The maximum absolute atomic E-state index is 14.2. The predicted octanol–water partition coefficient (Wildman–Crippen LogP) is 2.71. The van der Waals surface area contributed by atoms with Gasteiger partial charge in [-0.3, -0.25) is 14.7 Å². The summed E-state index contributed by atoms with van der Waals surface area (Å²) in [6, 6.07) is 7.30. The molecule has 13 heteroatoms. The maximum Gasteiger partial charge on any atom is 0.416 e. The molecular formula is C22H21F4N7O2. The van der Waals surface area contributed by atoms with Crippen molar-refractivity contribution in [2.24, 2.45) is 15.1 Å². The number of carbonyl (C=O) groups is 1. The van der Waals surface area contributed by atoms with Crippen molar-refractivity contribution in [1.29, 1.82) is 0 Å². The van der Waals surface area contributed by atoms with Gasteiger partial charge in [0, 0.05) is 31.2 Å². The van der Waals surface area contributed by atoms with Gasteiger partial charge in [-0.05, 0) is 30.3 Å². The van der Waals surface area contributed by atoms with Gasteiger partial charge in [-0.25, -0.2) is 19.8 Å². The number of hydrogen-bond acceptors (Lipinski definition) is 8. The molecule has 1 saturated heterocycles. The second-order valence-electron chi connectivity index (χ2n) is 7.61. The summed E-state index contributed by atoms with van der Waals surface area (Å²) in [5, 5.41) is 6.40. The molecule has 2 atom stereocenters. The molecule has 2 unspecified atom stereocenters. The highest BCUT2D eigenvalue weighted by atomic mass is 19.4. The number of aromatic nitrogens is 1. The Morgan fingerprint density at radius 3 is 2.71 bits per heavy atom. The van der Waals surface area contributed by atoms with Gasteiger partial charge in [0.15, 0.2) is 6.17 Å². The van der Waals surface area contributed by atoms with Crippen LogP contribution in [0.3, 0.4) is 0 Å². The van der Waals surface area contributed by atoms with E-state index in [0.717, 1.165) is 12.1 Å². The van der Waals surface area contributed by atoms with Crippen LogP contribution < -0.4 is 10.7 Å². The van der Waals surface area contributed by atoms with E-state index >= 15 is 0 Å². The first-order chi connectivity index (χ1) is 16.8. The molecule has 35 heavy (non-hydrogen) atoms. The van der Waals surface area contributed by atoms with Gasteiger partial charge in [0.2, 0.25) is 5.96 Å². The van der Waals surface area contributed by atoms with E-state index in [9.17, 15) is 22.4 Å². The zero-order chi connectivity index (χ0) is 24.8. The van der Waals surface area contributed by atoms with E-state index in [1.807, 2.05) is 4.90 Å². The van der Waals surface area contributed by atoms with Crippen molar-refractivity contribution < 1.29 is 27.1 Å². The maximum atomic E-state index is 14.2. The number of nitrogens with zero attached hydrogens (tertiary/aromatic N) is 5. The first-order valence-corrected chi connectivity index (χ1v) is 10.6. The molecule has 2 aliphatic heterocycles. The number of hydrogen-bond donors (Lipinski definition) is 2. The smallest absolute Gasteiger partial charge is 0.379 e. The summed E-state index contributed by atoms with van der Waals surface area (Å²) in [6.07, 6.45) is -2.76. The molecule has 2 N–H and O–H groups in total. The Labute approximate surface area is 197 Å². The van der Waals surface area contributed by atoms with Crippen LogP contribution in [0.5, 0.6) is 0 Å². The van der Waals surface area contributed by atoms with E-state index in [0.29, 0.717) is 32.0 Å². The summed E-state index contributed by atoms with van der Waals surface area (Å²) in [7, 11) is 0. The van der Waals surface area contributed by atoms with E-state index in [-0.39, 0.29) is 17.2 Å². The zero-order valence-electron chi connectivity index (χ0n) is 18.2. The Bertz CT molecular complexity index is 1130. The van der Waals surface area contributed by atoms with Crippen LogP contribution in [0.2, 0.25) is 0 Å². The SMILES string of the molecule is O=C(Nc1cccc(C(F)(F)F)c1)c1ccc(/C=N/NC2=NC(N3CCOCC3)C(F)C=N2)nc1. The fraction of sp³-hybridized carbons (Fsp3) is 0.318. The van der Waals surface area contributed by atoms with Gasteiger partial charge in [0.1, 0.15) is 6.17 Å². The molecule has 1 fully saturated rings. The summed E-state index contributed by atoms with van der Waals surface area (Å²) < 4.78 is 58.0. The number of nitrogens with one attached hydrogen (secondary N) is 2. The number of guanidine groups is 1. The van der Waals surface area contributed by atoms with Gasteiger partial charge in [0.25, 0.3) is 5.91 Å². The van der Waals surface area contributed by atoms with E-state index < -0.39 is 30.0 Å². The van der Waals surface area contributed by atoms with Crippen molar-refractivity contribution in [2.75, 3.05) is 31.6 Å². The fourth-order valence-corrected chi connectivity index (χ4v) is 3.38. The van der Waals surface area contributed by atoms with Crippen LogP contribution in [0.15, 0.2) is 57.7 Å². The number of rotatable bonds is 5. The van der Waals surface area contributed by atoms with Crippen LogP contribution in [0.1, 0.15) is 21.6 Å². The first-order valence-electron chi connectivity index (χ1n) is 10.6. The average Bonchev–Trinajstić information content (AvgIpc) is 2.85. The molecule has 2 aliphatic rings. The standard InChI is InChI=1S/C22H21F4N7O2/c23-18-13-28-21(31-19(18)33-6-8-35-9-7-33)32-29-12-17-5-4-14(11-27-17)20(34)30-16-3-1-2-15(10-16)22(24,25)26/h1-5,10-13,18-19H,6-9H2,(H,30,34)(H,31,32)/b29-12+. The summed E-state index contributed by atoms with van der Waals surface area (Å²) >= 11 is 0. The zero-order valence-corrected chi connectivity index (χ0v) is 18.2. The van der Waals surface area contributed by atoms with Gasteiger partial charge in [-0.15, -0.1) is 0 Å². The van der Waals surface area contributed by atoms with Crippen molar-refractivity contribution in [1.82, 2.24) is 15.3 Å². The van der Waals surface area contributed by atoms with E-state index in [2.05, 4.69) is 30.8 Å². The highest BCUT2D eigenvalue weighted by Crippen LogP contribution is 2.30. The number of alkyl halides is 4. The molecule has 9 nitrogen and oxygen atoms in total. The average molecular weight is 491 g/mol. The third kappa shape index (κ3) is 6.45. The minimum absolute atomic E-state index is 0.0133. The van der Waals surface area contributed by atoms with Crippen molar-refractivity contribution in [3.05, 3.63) is 59.4 Å². The molecule has 184 valence electrons. The summed E-state index contributed by atoms with van der Waals surface area (Å²) in [5.74, 6) is -0.469. The van der Waals surface area contributed by atoms with Crippen LogP contribution >= 0.6 is 0 Å². The van der Waals surface area contributed by atoms with Gasteiger partial charge >= 0.3 is 6.18 Å². The molecule has 1 amide bonds. The molecule has 0 bridgehead atoms. The minimum Gasteiger partial charge on any atom is -0.379 e. The normalized spacial score (nSPS) is 21.1. The number of hydrazone groups is 1. The number of amides is 1. The Kier molecular flexibility index (Phi) is 7.46. The molecule has 0 spiro atoms. The highest BCUT2D eigenvalue weighted by molar-refractivity contribution is 6.04. The number of benzene rings is 1. The van der Waals surface area contributed by atoms with Crippen molar-refractivity contribution in [3.8, 4) is 0 Å². The second kappa shape index (κ2) is 10.7. The lowest BCUT2D eigenvalue weighted by molar-refractivity contribution is -0.137. The Balaban J connectivity index is 1.34. The molecule has 4 rings (SSSR count). The van der Waals surface area contributed by atoms with Gasteiger partial charge < -0.3 is 10.1 Å². The van der Waals surface area contributed by atoms with Crippen LogP contribution in [-0.2, 0) is 10.9 Å². The lowest BCUT2D eigenvalue weighted by Crippen LogP contribution is -2.49. The number of carbonyl (C=O) groups excluding carboxylic acids is 1. The Morgan fingerprint density at radius 1 is 1.20 bits per heavy atom. The quantitative estimate of drug-likeness (QED) is 0.380. The number of ether oxygens (including phenoxy) is 1. The van der Waals surface area contributed by atoms with Crippen LogP contribution in [-0.4, -0.2) is 72.8 Å². The summed E-state index contributed by atoms with van der Waals surface area (Å²) in [6.45, 7) is 2.15. The van der Waals surface area contributed by atoms with Crippen LogP contribution in [0.4, 0.5) is 23.2 Å². The lowest BCUT2D eigenvalue weighted by atomic mass is 10.2.